The van der Waals surface area contributed by atoms with Gasteiger partial charge in [0.1, 0.15) is 0 Å². The van der Waals surface area contributed by atoms with Crippen molar-refractivity contribution in [1.29, 1.82) is 0 Å². The van der Waals surface area contributed by atoms with Gasteiger partial charge in [0, 0.05) is 6.42 Å². The molecule has 3 aromatic rings. The van der Waals surface area contributed by atoms with E-state index in [-0.39, 0.29) is 23.0 Å². The Hall–Kier alpha value is -2.09. The molecule has 0 aliphatic carbocycles. The quantitative estimate of drug-likeness (QED) is 0.323. The smallest absolute Gasteiger partial charge is 0.465 e. The van der Waals surface area contributed by atoms with E-state index in [1.54, 1.807) is 6.92 Å². The molecule has 3 rings (SSSR count). The molecule has 0 aliphatic rings. The molecule has 26 heavy (non-hydrogen) atoms. The molecule has 0 aromatic heterocycles. The van der Waals surface area contributed by atoms with E-state index < -0.39 is 0 Å². The van der Waals surface area contributed by atoms with E-state index in [1.165, 1.54) is 11.1 Å². The van der Waals surface area contributed by atoms with Crippen LogP contribution in [0.3, 0.4) is 0 Å². The minimum atomic E-state index is -0.124. The van der Waals surface area contributed by atoms with Gasteiger partial charge in [0.25, 0.3) is 0 Å². The molecule has 0 amide bonds. The van der Waals surface area contributed by atoms with Gasteiger partial charge >= 0.3 is 23.0 Å². The van der Waals surface area contributed by atoms with Crippen molar-refractivity contribution >= 4 is 5.97 Å². The molecule has 0 aliphatic heterocycles. The fraction of sp³-hybridized carbons (Fsp3) is 0.261. The zero-order valence-corrected chi connectivity index (χ0v) is 16.7. The van der Waals surface area contributed by atoms with Gasteiger partial charge in [0.2, 0.25) is 0 Å². The third-order valence-corrected chi connectivity index (χ3v) is 3.48. The van der Waals surface area contributed by atoms with Gasteiger partial charge in [0.15, 0.2) is 0 Å². The maximum Gasteiger partial charge on any atom is 2.00 e. The zero-order chi connectivity index (χ0) is 18.2. The molecule has 0 fully saturated rings. The van der Waals surface area contributed by atoms with Gasteiger partial charge in [-0.1, -0.05) is 44.2 Å². The number of rotatable bonds is 5. The summed E-state index contributed by atoms with van der Waals surface area (Å²) in [5.41, 5.74) is 2.63. The second kappa shape index (κ2) is 16.4. The standard InChI is InChI=1S/C10H13O2.C8H10.C5H5.Fe/c1-2-10(11)12-8-7-9-5-3-4-6-9;1-2-8-6-4-3-5-7-8;1-2-4-5-3-1;/h3-6H,2,7-8H2,1H3;3-7H,2H2,1H3;1-5H;/q-1;;-1;+2. The number of aryl methyl sites for hydroxylation is 1. The molecule has 0 heterocycles. The molecule has 3 aromatic carbocycles. The van der Waals surface area contributed by atoms with E-state index in [0.29, 0.717) is 13.0 Å². The molecule has 0 spiro atoms. The predicted octanol–water partition coefficient (Wildman–Crippen LogP) is 5.55. The van der Waals surface area contributed by atoms with Crippen LogP contribution in [0.5, 0.6) is 0 Å². The number of carbonyl (C=O) groups excluding carboxylic acids is 1. The van der Waals surface area contributed by atoms with Crippen molar-refractivity contribution in [3.8, 4) is 0 Å². The Balaban J connectivity index is 0.000000385. The van der Waals surface area contributed by atoms with Crippen LogP contribution in [0.15, 0.2) is 84.9 Å². The maximum atomic E-state index is 10.7. The first-order valence-corrected chi connectivity index (χ1v) is 8.83. The Labute approximate surface area is 168 Å². The van der Waals surface area contributed by atoms with Crippen LogP contribution in [0.1, 0.15) is 31.4 Å². The SMILES string of the molecule is CCC(=O)OCCc1ccc[cH-]1.CCc1ccccc1.[Fe+2].c1cc[cH-]c1. The Kier molecular flexibility index (Phi) is 15.1. The summed E-state index contributed by atoms with van der Waals surface area (Å²) in [6.07, 6.45) is 2.42. The number of ether oxygens (including phenoxy) is 1. The summed E-state index contributed by atoms with van der Waals surface area (Å²) >= 11 is 0. The molecule has 140 valence electrons. The summed E-state index contributed by atoms with van der Waals surface area (Å²) in [6, 6.07) is 28.5. The largest absolute Gasteiger partial charge is 2.00 e. The van der Waals surface area contributed by atoms with E-state index in [4.69, 9.17) is 4.74 Å². The van der Waals surface area contributed by atoms with Gasteiger partial charge in [-0.2, -0.15) is 35.9 Å². The summed E-state index contributed by atoms with van der Waals surface area (Å²) in [5.74, 6) is -0.124. The molecule has 2 nitrogen and oxygen atoms in total. The summed E-state index contributed by atoms with van der Waals surface area (Å²) in [4.78, 5) is 10.7. The van der Waals surface area contributed by atoms with Crippen molar-refractivity contribution in [3.63, 3.8) is 0 Å². The number of hydrogen-bond acceptors (Lipinski definition) is 2. The van der Waals surface area contributed by atoms with Crippen LogP contribution in [0, 0.1) is 0 Å². The van der Waals surface area contributed by atoms with Crippen molar-refractivity contribution in [2.75, 3.05) is 6.61 Å². The number of benzene rings is 1. The molecular weight excluding hydrogens is 364 g/mol. The number of esters is 1. The van der Waals surface area contributed by atoms with Crippen molar-refractivity contribution in [2.24, 2.45) is 0 Å². The average molecular weight is 392 g/mol. The topological polar surface area (TPSA) is 26.3 Å². The van der Waals surface area contributed by atoms with Gasteiger partial charge in [-0.05, 0) is 18.4 Å². The first kappa shape index (κ1) is 23.9. The molecule has 0 saturated carbocycles. The Morgan fingerprint density at radius 2 is 1.62 bits per heavy atom. The fourth-order valence-corrected chi connectivity index (χ4v) is 2.00. The Bertz CT molecular complexity index is 611. The third-order valence-electron chi connectivity index (χ3n) is 3.48. The van der Waals surface area contributed by atoms with Crippen LogP contribution in [-0.4, -0.2) is 12.6 Å². The van der Waals surface area contributed by atoms with Gasteiger partial charge in [0.05, 0.1) is 6.61 Å². The van der Waals surface area contributed by atoms with Crippen molar-refractivity contribution in [1.82, 2.24) is 0 Å². The summed E-state index contributed by atoms with van der Waals surface area (Å²) in [5, 5.41) is 0. The van der Waals surface area contributed by atoms with Crippen LogP contribution in [-0.2, 0) is 39.4 Å². The average Bonchev–Trinajstić information content (AvgIpc) is 3.39. The first-order chi connectivity index (χ1) is 12.3. The predicted molar refractivity (Wildman–Crippen MR) is 105 cm³/mol. The Morgan fingerprint density at radius 1 is 0.923 bits per heavy atom. The van der Waals surface area contributed by atoms with Gasteiger partial charge in [-0.25, -0.2) is 24.3 Å². The molecule has 0 N–H and O–H groups in total. The molecule has 0 bridgehead atoms. The van der Waals surface area contributed by atoms with Crippen LogP contribution in [0.25, 0.3) is 0 Å². The van der Waals surface area contributed by atoms with Crippen LogP contribution >= 0.6 is 0 Å². The molecular formula is C23H28FeO2. The van der Waals surface area contributed by atoms with E-state index in [0.717, 1.165) is 12.8 Å². The number of carbonyl (C=O) groups is 1. The van der Waals surface area contributed by atoms with Crippen molar-refractivity contribution in [2.45, 2.75) is 33.1 Å². The normalized spacial score (nSPS) is 8.85. The summed E-state index contributed by atoms with van der Waals surface area (Å²) < 4.78 is 4.93. The van der Waals surface area contributed by atoms with Gasteiger partial charge in [-0.3, -0.25) is 4.79 Å². The molecule has 0 radical (unpaired) electrons. The van der Waals surface area contributed by atoms with Crippen molar-refractivity contribution in [3.05, 3.63) is 96.1 Å². The van der Waals surface area contributed by atoms with Crippen LogP contribution < -0.4 is 0 Å². The summed E-state index contributed by atoms with van der Waals surface area (Å²) in [6.45, 7) is 4.46. The maximum absolute atomic E-state index is 10.7. The minimum Gasteiger partial charge on any atom is -0.465 e. The second-order valence-electron chi connectivity index (χ2n) is 5.42. The number of hydrogen-bond donors (Lipinski definition) is 0. The monoisotopic (exact) mass is 392 g/mol. The van der Waals surface area contributed by atoms with E-state index in [2.05, 4.69) is 31.2 Å². The summed E-state index contributed by atoms with van der Waals surface area (Å²) in [7, 11) is 0. The van der Waals surface area contributed by atoms with Gasteiger partial charge < -0.3 is 4.74 Å². The zero-order valence-electron chi connectivity index (χ0n) is 15.6. The van der Waals surface area contributed by atoms with Crippen molar-refractivity contribution < 1.29 is 26.6 Å². The molecule has 3 heteroatoms. The van der Waals surface area contributed by atoms with E-state index in [9.17, 15) is 4.79 Å². The van der Waals surface area contributed by atoms with Crippen LogP contribution in [0.4, 0.5) is 0 Å². The Morgan fingerprint density at radius 3 is 2.04 bits per heavy atom. The first-order valence-electron chi connectivity index (χ1n) is 8.83. The molecule has 0 atom stereocenters. The minimum absolute atomic E-state index is 0. The van der Waals surface area contributed by atoms with Crippen LogP contribution in [0.2, 0.25) is 0 Å². The van der Waals surface area contributed by atoms with Gasteiger partial charge in [-0.15, -0.1) is 0 Å². The fourth-order valence-electron chi connectivity index (χ4n) is 2.00. The molecule has 0 saturated heterocycles. The molecule has 0 unspecified atom stereocenters. The second-order valence-corrected chi connectivity index (χ2v) is 5.42. The third kappa shape index (κ3) is 12.3. The van der Waals surface area contributed by atoms with E-state index in [1.807, 2.05) is 60.7 Å². The van der Waals surface area contributed by atoms with E-state index >= 15 is 0 Å².